The number of rotatable bonds is 4. The van der Waals surface area contributed by atoms with Crippen molar-refractivity contribution < 1.29 is 4.79 Å². The summed E-state index contributed by atoms with van der Waals surface area (Å²) in [5, 5.41) is 3.21. The van der Waals surface area contributed by atoms with Crippen LogP contribution in [0, 0.1) is 5.92 Å². The summed E-state index contributed by atoms with van der Waals surface area (Å²) in [6, 6.07) is 8.11. The second-order valence-corrected chi connectivity index (χ2v) is 6.47. The molecule has 3 atom stereocenters. The van der Waals surface area contributed by atoms with Crippen LogP contribution in [0.4, 0.5) is 5.69 Å². The van der Waals surface area contributed by atoms with Gasteiger partial charge in [-0.05, 0) is 49.5 Å². The number of hydrogen-bond acceptors (Lipinski definition) is 3. The molecule has 1 aromatic carbocycles. The van der Waals surface area contributed by atoms with E-state index >= 15 is 0 Å². The predicted molar refractivity (Wildman–Crippen MR) is 87.1 cm³/mol. The molecule has 1 aromatic rings. The van der Waals surface area contributed by atoms with E-state index in [9.17, 15) is 4.79 Å². The smallest absolute Gasteiger partial charge is 0.220 e. The molecular formula is C17H27N3O. The van der Waals surface area contributed by atoms with Crippen LogP contribution in [0.25, 0.3) is 0 Å². The molecular weight excluding hydrogens is 262 g/mol. The Morgan fingerprint density at radius 3 is 2.71 bits per heavy atom. The summed E-state index contributed by atoms with van der Waals surface area (Å²) in [6.45, 7) is 6.41. The van der Waals surface area contributed by atoms with Crippen LogP contribution in [0.3, 0.4) is 0 Å². The van der Waals surface area contributed by atoms with Crippen molar-refractivity contribution in [2.24, 2.45) is 5.92 Å². The number of anilines is 1. The third-order valence-corrected chi connectivity index (χ3v) is 4.45. The summed E-state index contributed by atoms with van der Waals surface area (Å²) >= 11 is 0. The highest BCUT2D eigenvalue weighted by atomic mass is 16.1. The Bertz CT molecular complexity index is 471. The Hall–Kier alpha value is -1.55. The third-order valence-electron chi connectivity index (χ3n) is 4.45. The van der Waals surface area contributed by atoms with Crippen molar-refractivity contribution in [3.05, 3.63) is 29.8 Å². The second-order valence-electron chi connectivity index (χ2n) is 6.47. The molecule has 4 nitrogen and oxygen atoms in total. The van der Waals surface area contributed by atoms with Crippen LogP contribution in [-0.4, -0.2) is 37.0 Å². The van der Waals surface area contributed by atoms with E-state index in [1.165, 1.54) is 0 Å². The molecule has 1 amide bonds. The van der Waals surface area contributed by atoms with Crippen LogP contribution in [0.15, 0.2) is 24.3 Å². The van der Waals surface area contributed by atoms with Crippen molar-refractivity contribution in [2.45, 2.75) is 38.6 Å². The molecule has 1 heterocycles. The Balaban J connectivity index is 1.85. The number of nitrogens with one attached hydrogen (secondary N) is 1. The molecule has 1 aliphatic rings. The van der Waals surface area contributed by atoms with Gasteiger partial charge in [0.1, 0.15) is 0 Å². The van der Waals surface area contributed by atoms with Gasteiger partial charge in [0.05, 0.1) is 0 Å². The van der Waals surface area contributed by atoms with Crippen LogP contribution in [0.1, 0.15) is 38.2 Å². The van der Waals surface area contributed by atoms with E-state index < -0.39 is 0 Å². The van der Waals surface area contributed by atoms with E-state index in [0.29, 0.717) is 18.4 Å². The number of carbonyl (C=O) groups is 1. The minimum absolute atomic E-state index is 0.153. The fraction of sp³-hybridized carbons (Fsp3) is 0.588. The SMILES string of the molecule is CC(CC(=O)NC1CCN(C)CC1C)c1ccc(N)cc1. The zero-order valence-corrected chi connectivity index (χ0v) is 13.3. The van der Waals surface area contributed by atoms with Crippen molar-refractivity contribution in [3.63, 3.8) is 0 Å². The first-order valence-electron chi connectivity index (χ1n) is 7.79. The quantitative estimate of drug-likeness (QED) is 0.836. The lowest BCUT2D eigenvalue weighted by Gasteiger charge is -2.35. The lowest BCUT2D eigenvalue weighted by Crippen LogP contribution is -2.49. The van der Waals surface area contributed by atoms with Gasteiger partial charge in [-0.3, -0.25) is 4.79 Å². The van der Waals surface area contributed by atoms with Crippen LogP contribution < -0.4 is 11.1 Å². The number of nitrogens with zero attached hydrogens (tertiary/aromatic N) is 1. The van der Waals surface area contributed by atoms with Gasteiger partial charge < -0.3 is 16.0 Å². The van der Waals surface area contributed by atoms with E-state index in [1.54, 1.807) is 0 Å². The lowest BCUT2D eigenvalue weighted by atomic mass is 9.93. The first-order valence-corrected chi connectivity index (χ1v) is 7.79. The zero-order chi connectivity index (χ0) is 15.4. The van der Waals surface area contributed by atoms with Gasteiger partial charge in [0.15, 0.2) is 0 Å². The molecule has 0 aliphatic carbocycles. The normalized spacial score (nSPS) is 24.5. The Morgan fingerprint density at radius 2 is 2.10 bits per heavy atom. The fourth-order valence-electron chi connectivity index (χ4n) is 3.05. The first-order chi connectivity index (χ1) is 9.95. The van der Waals surface area contributed by atoms with Crippen molar-refractivity contribution in [1.29, 1.82) is 0 Å². The molecule has 0 aromatic heterocycles. The summed E-state index contributed by atoms with van der Waals surface area (Å²) < 4.78 is 0. The molecule has 2 rings (SSSR count). The first kappa shape index (κ1) is 15.8. The Morgan fingerprint density at radius 1 is 1.43 bits per heavy atom. The molecule has 0 bridgehead atoms. The average Bonchev–Trinajstić information content (AvgIpc) is 2.42. The van der Waals surface area contributed by atoms with Gasteiger partial charge in [-0.25, -0.2) is 0 Å². The highest BCUT2D eigenvalue weighted by Gasteiger charge is 2.25. The molecule has 4 heteroatoms. The zero-order valence-electron chi connectivity index (χ0n) is 13.3. The number of likely N-dealkylation sites (tertiary alicyclic amines) is 1. The van der Waals surface area contributed by atoms with Gasteiger partial charge in [-0.15, -0.1) is 0 Å². The van der Waals surface area contributed by atoms with E-state index in [0.717, 1.165) is 30.8 Å². The van der Waals surface area contributed by atoms with Crippen LogP contribution in [0.2, 0.25) is 0 Å². The highest BCUT2D eigenvalue weighted by Crippen LogP contribution is 2.21. The van der Waals surface area contributed by atoms with Crippen molar-refractivity contribution in [1.82, 2.24) is 10.2 Å². The summed E-state index contributed by atoms with van der Waals surface area (Å²) in [5.41, 5.74) is 7.62. The molecule has 0 saturated carbocycles. The number of hydrogen-bond donors (Lipinski definition) is 2. The molecule has 0 radical (unpaired) electrons. The maximum Gasteiger partial charge on any atom is 0.220 e. The van der Waals surface area contributed by atoms with E-state index in [4.69, 9.17) is 5.73 Å². The largest absolute Gasteiger partial charge is 0.399 e. The number of nitrogens with two attached hydrogens (primary N) is 1. The second kappa shape index (κ2) is 6.94. The van der Waals surface area contributed by atoms with E-state index in [-0.39, 0.29) is 11.8 Å². The van der Waals surface area contributed by atoms with Gasteiger partial charge in [0, 0.05) is 24.7 Å². The molecule has 1 aliphatic heterocycles. The number of piperidine rings is 1. The molecule has 21 heavy (non-hydrogen) atoms. The lowest BCUT2D eigenvalue weighted by molar-refractivity contribution is -0.122. The minimum Gasteiger partial charge on any atom is -0.399 e. The summed E-state index contributed by atoms with van der Waals surface area (Å²) in [6.07, 6.45) is 1.57. The summed E-state index contributed by atoms with van der Waals surface area (Å²) in [4.78, 5) is 14.6. The van der Waals surface area contributed by atoms with Gasteiger partial charge in [0.25, 0.3) is 0 Å². The Labute approximate surface area is 127 Å². The van der Waals surface area contributed by atoms with Crippen molar-refractivity contribution >= 4 is 11.6 Å². The minimum atomic E-state index is 0.153. The van der Waals surface area contributed by atoms with E-state index in [2.05, 4.69) is 31.1 Å². The molecule has 0 spiro atoms. The monoisotopic (exact) mass is 289 g/mol. The van der Waals surface area contributed by atoms with Crippen molar-refractivity contribution in [2.75, 3.05) is 25.9 Å². The number of carbonyl (C=O) groups excluding carboxylic acids is 1. The van der Waals surface area contributed by atoms with Crippen LogP contribution in [0.5, 0.6) is 0 Å². The Kier molecular flexibility index (Phi) is 5.23. The third kappa shape index (κ3) is 4.46. The average molecular weight is 289 g/mol. The highest BCUT2D eigenvalue weighted by molar-refractivity contribution is 5.77. The van der Waals surface area contributed by atoms with E-state index in [1.807, 2.05) is 24.3 Å². The van der Waals surface area contributed by atoms with Crippen molar-refractivity contribution in [3.8, 4) is 0 Å². The van der Waals surface area contributed by atoms with Gasteiger partial charge in [-0.1, -0.05) is 26.0 Å². The summed E-state index contributed by atoms with van der Waals surface area (Å²) in [7, 11) is 2.14. The molecule has 1 saturated heterocycles. The van der Waals surface area contributed by atoms with Crippen LogP contribution >= 0.6 is 0 Å². The topological polar surface area (TPSA) is 58.4 Å². The number of amides is 1. The maximum atomic E-state index is 12.2. The summed E-state index contributed by atoms with van der Waals surface area (Å²) in [5.74, 6) is 0.882. The predicted octanol–water partition coefficient (Wildman–Crippen LogP) is 2.22. The fourth-order valence-corrected chi connectivity index (χ4v) is 3.05. The molecule has 3 N–H and O–H groups in total. The molecule has 116 valence electrons. The number of benzene rings is 1. The van der Waals surface area contributed by atoms with Crippen LogP contribution in [-0.2, 0) is 4.79 Å². The maximum absolute atomic E-state index is 12.2. The number of nitrogen functional groups attached to an aromatic ring is 1. The van der Waals surface area contributed by atoms with Gasteiger partial charge >= 0.3 is 0 Å². The van der Waals surface area contributed by atoms with Gasteiger partial charge in [-0.2, -0.15) is 0 Å². The van der Waals surface area contributed by atoms with Gasteiger partial charge in [0.2, 0.25) is 5.91 Å². The molecule has 3 unspecified atom stereocenters. The molecule has 1 fully saturated rings. The standard InChI is InChI=1S/C17H27N3O/c1-12(14-4-6-15(18)7-5-14)10-17(21)19-16-8-9-20(3)11-13(16)2/h4-7,12-13,16H,8-11,18H2,1-3H3,(H,19,21).